The lowest BCUT2D eigenvalue weighted by Crippen LogP contribution is -2.11. The summed E-state index contributed by atoms with van der Waals surface area (Å²) in [4.78, 5) is 0. The largest absolute Gasteiger partial charge is 0.490 e. The van der Waals surface area contributed by atoms with Crippen LogP contribution in [0.1, 0.15) is 31.4 Å². The number of aryl methyl sites for hydroxylation is 2. The molecule has 0 aromatic heterocycles. The van der Waals surface area contributed by atoms with Gasteiger partial charge in [0, 0.05) is 4.47 Å². The molecule has 14 heavy (non-hydrogen) atoms. The normalized spacial score (nSPS) is 12.6. The number of hydrogen-bond donors (Lipinski definition) is 0. The Balaban J connectivity index is 2.96. The summed E-state index contributed by atoms with van der Waals surface area (Å²) in [6.45, 7) is 8.39. The third-order valence-electron chi connectivity index (χ3n) is 2.32. The van der Waals surface area contributed by atoms with Crippen LogP contribution < -0.4 is 4.74 Å². The highest BCUT2D eigenvalue weighted by Crippen LogP contribution is 2.28. The van der Waals surface area contributed by atoms with Crippen molar-refractivity contribution in [3.63, 3.8) is 0 Å². The molecule has 0 saturated carbocycles. The van der Waals surface area contributed by atoms with Crippen LogP contribution in [0.2, 0.25) is 0 Å². The van der Waals surface area contributed by atoms with Crippen LogP contribution in [0.15, 0.2) is 16.6 Å². The average molecular weight is 257 g/mol. The fraction of sp³-hybridized carbons (Fsp3) is 0.500. The highest BCUT2D eigenvalue weighted by molar-refractivity contribution is 9.10. The molecular formula is C12H17BrO. The summed E-state index contributed by atoms with van der Waals surface area (Å²) in [5.74, 6) is 1.03. The van der Waals surface area contributed by atoms with E-state index in [1.165, 1.54) is 11.1 Å². The summed E-state index contributed by atoms with van der Waals surface area (Å²) in [6.07, 6.45) is 1.32. The van der Waals surface area contributed by atoms with Gasteiger partial charge in [-0.1, -0.05) is 22.9 Å². The molecule has 2 heteroatoms. The molecule has 1 aromatic carbocycles. The zero-order chi connectivity index (χ0) is 10.7. The highest BCUT2D eigenvalue weighted by atomic mass is 79.9. The fourth-order valence-corrected chi connectivity index (χ4v) is 2.05. The second kappa shape index (κ2) is 4.83. The topological polar surface area (TPSA) is 9.23 Å². The molecule has 1 nitrogen and oxygen atoms in total. The molecule has 0 N–H and O–H groups in total. The van der Waals surface area contributed by atoms with Crippen molar-refractivity contribution >= 4 is 15.9 Å². The quantitative estimate of drug-likeness (QED) is 0.786. The van der Waals surface area contributed by atoms with Gasteiger partial charge in [0.05, 0.1) is 6.10 Å². The summed E-state index contributed by atoms with van der Waals surface area (Å²) in [7, 11) is 0. The van der Waals surface area contributed by atoms with Gasteiger partial charge in [0.15, 0.2) is 0 Å². The Morgan fingerprint density at radius 1 is 1.29 bits per heavy atom. The predicted octanol–water partition coefficient (Wildman–Crippen LogP) is 4.24. The first-order chi connectivity index (χ1) is 6.54. The molecule has 1 atom stereocenters. The molecule has 0 heterocycles. The average Bonchev–Trinajstić information content (AvgIpc) is 2.10. The van der Waals surface area contributed by atoms with Crippen molar-refractivity contribution < 1.29 is 4.74 Å². The lowest BCUT2D eigenvalue weighted by molar-refractivity contribution is 0.214. The minimum atomic E-state index is 0.286. The van der Waals surface area contributed by atoms with E-state index in [1.807, 2.05) is 0 Å². The molecular weight excluding hydrogens is 240 g/mol. The van der Waals surface area contributed by atoms with Gasteiger partial charge in [-0.2, -0.15) is 0 Å². The molecule has 0 radical (unpaired) electrons. The Labute approximate surface area is 94.6 Å². The molecule has 0 bridgehead atoms. The molecule has 0 aliphatic heterocycles. The Kier molecular flexibility index (Phi) is 3.99. The summed E-state index contributed by atoms with van der Waals surface area (Å²) in [5.41, 5.74) is 2.38. The summed E-state index contributed by atoms with van der Waals surface area (Å²) in [5, 5.41) is 0. The summed E-state index contributed by atoms with van der Waals surface area (Å²) in [6, 6.07) is 4.18. The van der Waals surface area contributed by atoms with E-state index in [0.29, 0.717) is 0 Å². The first-order valence-corrected chi connectivity index (χ1v) is 5.77. The standard InChI is InChI=1S/C12H17BrO/c1-5-10(4)14-12-8(2)6-11(13)7-9(12)3/h6-7,10H,5H2,1-4H3/t10-/m0/s1. The van der Waals surface area contributed by atoms with Crippen LogP contribution in [0.5, 0.6) is 5.75 Å². The van der Waals surface area contributed by atoms with E-state index in [9.17, 15) is 0 Å². The van der Waals surface area contributed by atoms with Crippen LogP contribution >= 0.6 is 15.9 Å². The van der Waals surface area contributed by atoms with Crippen molar-refractivity contribution in [2.45, 2.75) is 40.2 Å². The van der Waals surface area contributed by atoms with Gasteiger partial charge in [0.1, 0.15) is 5.75 Å². The van der Waals surface area contributed by atoms with Crippen molar-refractivity contribution in [2.24, 2.45) is 0 Å². The maximum absolute atomic E-state index is 5.86. The van der Waals surface area contributed by atoms with Crippen LogP contribution in [0.3, 0.4) is 0 Å². The lowest BCUT2D eigenvalue weighted by Gasteiger charge is -2.17. The number of halogens is 1. The van der Waals surface area contributed by atoms with Crippen molar-refractivity contribution in [3.05, 3.63) is 27.7 Å². The SMILES string of the molecule is CC[C@H](C)Oc1c(C)cc(Br)cc1C. The van der Waals surface area contributed by atoms with Crippen molar-refractivity contribution in [2.75, 3.05) is 0 Å². The van der Waals surface area contributed by atoms with Crippen LogP contribution in [-0.2, 0) is 0 Å². The van der Waals surface area contributed by atoms with E-state index >= 15 is 0 Å². The van der Waals surface area contributed by atoms with Gasteiger partial charge in [-0.05, 0) is 50.5 Å². The van der Waals surface area contributed by atoms with Crippen LogP contribution in [0, 0.1) is 13.8 Å². The van der Waals surface area contributed by atoms with Gasteiger partial charge in [-0.3, -0.25) is 0 Å². The Hall–Kier alpha value is -0.500. The highest BCUT2D eigenvalue weighted by Gasteiger charge is 2.08. The van der Waals surface area contributed by atoms with E-state index in [-0.39, 0.29) is 6.10 Å². The van der Waals surface area contributed by atoms with Gasteiger partial charge in [0.2, 0.25) is 0 Å². The molecule has 0 unspecified atom stereocenters. The Morgan fingerprint density at radius 3 is 2.21 bits per heavy atom. The third-order valence-corrected chi connectivity index (χ3v) is 2.78. The molecule has 0 saturated heterocycles. The first kappa shape index (κ1) is 11.6. The van der Waals surface area contributed by atoms with Crippen molar-refractivity contribution in [3.8, 4) is 5.75 Å². The molecule has 0 aliphatic carbocycles. The van der Waals surface area contributed by atoms with Gasteiger partial charge < -0.3 is 4.74 Å². The molecule has 78 valence electrons. The molecule has 0 fully saturated rings. The Morgan fingerprint density at radius 2 is 1.79 bits per heavy atom. The van der Waals surface area contributed by atoms with E-state index < -0.39 is 0 Å². The monoisotopic (exact) mass is 256 g/mol. The van der Waals surface area contributed by atoms with E-state index in [4.69, 9.17) is 4.74 Å². The molecule has 1 aromatic rings. The third kappa shape index (κ3) is 2.74. The Bertz CT molecular complexity index is 297. The van der Waals surface area contributed by atoms with E-state index in [1.54, 1.807) is 0 Å². The molecule has 1 rings (SSSR count). The number of benzene rings is 1. The van der Waals surface area contributed by atoms with Crippen LogP contribution in [-0.4, -0.2) is 6.10 Å². The summed E-state index contributed by atoms with van der Waals surface area (Å²) >= 11 is 3.47. The van der Waals surface area contributed by atoms with Crippen LogP contribution in [0.4, 0.5) is 0 Å². The fourth-order valence-electron chi connectivity index (χ4n) is 1.37. The minimum absolute atomic E-state index is 0.286. The first-order valence-electron chi connectivity index (χ1n) is 4.98. The smallest absolute Gasteiger partial charge is 0.125 e. The lowest BCUT2D eigenvalue weighted by atomic mass is 10.1. The number of hydrogen-bond acceptors (Lipinski definition) is 1. The minimum Gasteiger partial charge on any atom is -0.490 e. The van der Waals surface area contributed by atoms with Gasteiger partial charge >= 0.3 is 0 Å². The van der Waals surface area contributed by atoms with Gasteiger partial charge in [-0.25, -0.2) is 0 Å². The molecule has 0 aliphatic rings. The van der Waals surface area contributed by atoms with Crippen LogP contribution in [0.25, 0.3) is 0 Å². The van der Waals surface area contributed by atoms with E-state index in [2.05, 4.69) is 55.8 Å². The number of rotatable bonds is 3. The zero-order valence-electron chi connectivity index (χ0n) is 9.23. The number of ether oxygens (including phenoxy) is 1. The second-order valence-electron chi connectivity index (χ2n) is 3.71. The maximum Gasteiger partial charge on any atom is 0.125 e. The zero-order valence-corrected chi connectivity index (χ0v) is 10.8. The van der Waals surface area contributed by atoms with Gasteiger partial charge in [-0.15, -0.1) is 0 Å². The maximum atomic E-state index is 5.86. The van der Waals surface area contributed by atoms with Crippen molar-refractivity contribution in [1.29, 1.82) is 0 Å². The summed E-state index contributed by atoms with van der Waals surface area (Å²) < 4.78 is 6.97. The van der Waals surface area contributed by atoms with Crippen molar-refractivity contribution in [1.82, 2.24) is 0 Å². The van der Waals surface area contributed by atoms with E-state index in [0.717, 1.165) is 16.6 Å². The van der Waals surface area contributed by atoms with Gasteiger partial charge in [0.25, 0.3) is 0 Å². The second-order valence-corrected chi connectivity index (χ2v) is 4.62. The molecule has 0 amide bonds. The predicted molar refractivity (Wildman–Crippen MR) is 64.0 cm³/mol. The molecule has 0 spiro atoms.